The highest BCUT2D eigenvalue weighted by Gasteiger charge is 2.21. The van der Waals surface area contributed by atoms with Crippen LogP contribution in [0.15, 0.2) is 53.4 Å². The molecule has 0 radical (unpaired) electrons. The summed E-state index contributed by atoms with van der Waals surface area (Å²) in [5, 5.41) is 2.94. The molecule has 1 aliphatic rings. The fraction of sp³-hybridized carbons (Fsp3) is 0.435. The molecular formula is C23H32N3O3S+. The predicted octanol–water partition coefficient (Wildman–Crippen LogP) is 2.37. The molecule has 1 heterocycles. The number of hydrogen-bond acceptors (Lipinski definition) is 3. The number of piperidine rings is 1. The van der Waals surface area contributed by atoms with Crippen LogP contribution in [0.4, 0.5) is 5.69 Å². The SMILES string of the molecule is Cc1ccccc1NS(=O)(=O)c1ccc(C(=O)NCCC[NH+]2CCCC[C@@H]2C)cc1. The summed E-state index contributed by atoms with van der Waals surface area (Å²) in [5.74, 6) is -0.174. The second-order valence-electron chi connectivity index (χ2n) is 8.11. The minimum absolute atomic E-state index is 0.130. The third kappa shape index (κ3) is 5.83. The van der Waals surface area contributed by atoms with Gasteiger partial charge < -0.3 is 10.2 Å². The molecule has 3 rings (SSSR count). The van der Waals surface area contributed by atoms with Crippen LogP contribution in [0.5, 0.6) is 0 Å². The summed E-state index contributed by atoms with van der Waals surface area (Å²) in [6.45, 7) is 7.07. The molecule has 2 aromatic rings. The van der Waals surface area contributed by atoms with Crippen molar-refractivity contribution < 1.29 is 18.1 Å². The first-order chi connectivity index (χ1) is 14.4. The van der Waals surface area contributed by atoms with E-state index in [1.165, 1.54) is 37.9 Å². The number of quaternary nitrogens is 1. The summed E-state index contributed by atoms with van der Waals surface area (Å²) in [4.78, 5) is 14.1. The summed E-state index contributed by atoms with van der Waals surface area (Å²) in [6.07, 6.45) is 4.85. The Hall–Kier alpha value is -2.38. The Bertz CT molecular complexity index is 958. The highest BCUT2D eigenvalue weighted by Crippen LogP contribution is 2.19. The number of hydrogen-bond donors (Lipinski definition) is 3. The third-order valence-electron chi connectivity index (χ3n) is 5.86. The Labute approximate surface area is 179 Å². The number of rotatable bonds is 8. The molecule has 0 spiro atoms. The maximum atomic E-state index is 12.6. The average Bonchev–Trinajstić information content (AvgIpc) is 2.74. The normalized spacial score (nSPS) is 19.3. The Morgan fingerprint density at radius 1 is 1.10 bits per heavy atom. The first-order valence-electron chi connectivity index (χ1n) is 10.7. The number of amides is 1. The van der Waals surface area contributed by atoms with Crippen LogP contribution in [0.1, 0.15) is 48.5 Å². The van der Waals surface area contributed by atoms with Gasteiger partial charge in [-0.05, 0) is 69.0 Å². The molecular weight excluding hydrogens is 398 g/mol. The first-order valence-corrected chi connectivity index (χ1v) is 12.2. The lowest BCUT2D eigenvalue weighted by molar-refractivity contribution is -0.928. The van der Waals surface area contributed by atoms with E-state index in [4.69, 9.17) is 0 Å². The van der Waals surface area contributed by atoms with Crippen molar-refractivity contribution in [3.8, 4) is 0 Å². The van der Waals surface area contributed by atoms with Crippen molar-refractivity contribution in [2.24, 2.45) is 0 Å². The predicted molar refractivity (Wildman–Crippen MR) is 119 cm³/mol. The zero-order valence-electron chi connectivity index (χ0n) is 17.8. The molecule has 2 atom stereocenters. The van der Waals surface area contributed by atoms with E-state index in [2.05, 4.69) is 17.0 Å². The van der Waals surface area contributed by atoms with Crippen LogP contribution in [0.2, 0.25) is 0 Å². The Morgan fingerprint density at radius 2 is 1.83 bits per heavy atom. The number of para-hydroxylation sites is 1. The van der Waals surface area contributed by atoms with Crippen LogP contribution in [-0.2, 0) is 10.0 Å². The van der Waals surface area contributed by atoms with Gasteiger partial charge in [-0.15, -0.1) is 0 Å². The van der Waals surface area contributed by atoms with Crippen LogP contribution < -0.4 is 14.9 Å². The number of likely N-dealkylation sites (tertiary alicyclic amines) is 1. The third-order valence-corrected chi connectivity index (χ3v) is 7.24. The molecule has 2 aromatic carbocycles. The second-order valence-corrected chi connectivity index (χ2v) is 9.79. The zero-order valence-corrected chi connectivity index (χ0v) is 18.6. The number of anilines is 1. The topological polar surface area (TPSA) is 79.7 Å². The number of aryl methyl sites for hydroxylation is 1. The number of sulfonamides is 1. The molecule has 0 bridgehead atoms. The molecule has 30 heavy (non-hydrogen) atoms. The largest absolute Gasteiger partial charge is 0.352 e. The number of carbonyl (C=O) groups excluding carboxylic acids is 1. The molecule has 3 N–H and O–H groups in total. The Morgan fingerprint density at radius 3 is 2.53 bits per heavy atom. The average molecular weight is 431 g/mol. The van der Waals surface area contributed by atoms with Gasteiger partial charge in [0.2, 0.25) is 0 Å². The molecule has 1 aliphatic heterocycles. The fourth-order valence-corrected chi connectivity index (χ4v) is 5.05. The van der Waals surface area contributed by atoms with E-state index in [1.807, 2.05) is 19.1 Å². The van der Waals surface area contributed by atoms with E-state index < -0.39 is 10.0 Å². The highest BCUT2D eigenvalue weighted by atomic mass is 32.2. The van der Waals surface area contributed by atoms with Crippen LogP contribution in [0.25, 0.3) is 0 Å². The van der Waals surface area contributed by atoms with E-state index in [0.717, 1.165) is 18.5 Å². The summed E-state index contributed by atoms with van der Waals surface area (Å²) in [6, 6.07) is 14.0. The van der Waals surface area contributed by atoms with Crippen molar-refractivity contribution in [2.75, 3.05) is 24.4 Å². The molecule has 1 amide bonds. The van der Waals surface area contributed by atoms with Gasteiger partial charge in [0, 0.05) is 18.5 Å². The molecule has 7 heteroatoms. The van der Waals surface area contributed by atoms with Gasteiger partial charge in [0.05, 0.1) is 29.7 Å². The molecule has 1 saturated heterocycles. The number of carbonyl (C=O) groups is 1. The van der Waals surface area contributed by atoms with Crippen LogP contribution in [0, 0.1) is 6.92 Å². The highest BCUT2D eigenvalue weighted by molar-refractivity contribution is 7.92. The van der Waals surface area contributed by atoms with Crippen LogP contribution >= 0.6 is 0 Å². The molecule has 0 aliphatic carbocycles. The van der Waals surface area contributed by atoms with E-state index in [9.17, 15) is 13.2 Å². The van der Waals surface area contributed by atoms with Crippen molar-refractivity contribution in [3.63, 3.8) is 0 Å². The maximum Gasteiger partial charge on any atom is 0.261 e. The lowest BCUT2D eigenvalue weighted by Gasteiger charge is -2.30. The van der Waals surface area contributed by atoms with E-state index >= 15 is 0 Å². The first kappa shape index (κ1) is 22.3. The lowest BCUT2D eigenvalue weighted by Crippen LogP contribution is -3.16. The Kier molecular flexibility index (Phi) is 7.50. The standard InChI is InChI=1S/C23H31N3O3S/c1-18-8-3-4-10-22(18)25-30(28,29)21-13-11-20(12-14-21)23(27)24-15-7-17-26-16-6-5-9-19(26)2/h3-4,8,10-14,19,25H,5-7,9,15-17H2,1-2H3,(H,24,27)/p+1/t19-/m0/s1. The summed E-state index contributed by atoms with van der Waals surface area (Å²) >= 11 is 0. The van der Waals surface area contributed by atoms with Crippen molar-refractivity contribution >= 4 is 21.6 Å². The molecule has 1 fully saturated rings. The number of nitrogens with one attached hydrogen (secondary N) is 3. The van der Waals surface area contributed by atoms with Crippen LogP contribution in [0.3, 0.4) is 0 Å². The lowest BCUT2D eigenvalue weighted by atomic mass is 10.0. The minimum Gasteiger partial charge on any atom is -0.352 e. The van der Waals surface area contributed by atoms with E-state index in [1.54, 1.807) is 29.2 Å². The van der Waals surface area contributed by atoms with Gasteiger partial charge in [0.25, 0.3) is 15.9 Å². The van der Waals surface area contributed by atoms with Crippen LogP contribution in [-0.4, -0.2) is 40.0 Å². The molecule has 0 aromatic heterocycles. The molecule has 0 saturated carbocycles. The van der Waals surface area contributed by atoms with Gasteiger partial charge in [0.1, 0.15) is 0 Å². The maximum absolute atomic E-state index is 12.6. The number of benzene rings is 2. The van der Waals surface area contributed by atoms with Crippen molar-refractivity contribution in [1.29, 1.82) is 0 Å². The molecule has 6 nitrogen and oxygen atoms in total. The van der Waals surface area contributed by atoms with Crippen molar-refractivity contribution in [2.45, 2.75) is 50.5 Å². The molecule has 1 unspecified atom stereocenters. The van der Waals surface area contributed by atoms with Gasteiger partial charge >= 0.3 is 0 Å². The summed E-state index contributed by atoms with van der Waals surface area (Å²) < 4.78 is 27.8. The van der Waals surface area contributed by atoms with Gasteiger partial charge in [-0.3, -0.25) is 9.52 Å². The monoisotopic (exact) mass is 430 g/mol. The summed E-state index contributed by atoms with van der Waals surface area (Å²) in [5.41, 5.74) is 1.85. The Balaban J connectivity index is 1.51. The van der Waals surface area contributed by atoms with E-state index in [0.29, 0.717) is 23.8 Å². The van der Waals surface area contributed by atoms with E-state index in [-0.39, 0.29) is 10.8 Å². The van der Waals surface area contributed by atoms with Gasteiger partial charge in [0.15, 0.2) is 0 Å². The quantitative estimate of drug-likeness (QED) is 0.563. The van der Waals surface area contributed by atoms with Crippen molar-refractivity contribution in [1.82, 2.24) is 5.32 Å². The van der Waals surface area contributed by atoms with Gasteiger partial charge in [-0.2, -0.15) is 0 Å². The zero-order chi connectivity index (χ0) is 21.6. The minimum atomic E-state index is -3.70. The van der Waals surface area contributed by atoms with Crippen molar-refractivity contribution in [3.05, 3.63) is 59.7 Å². The second kappa shape index (κ2) is 10.1. The fourth-order valence-electron chi connectivity index (χ4n) is 3.92. The summed E-state index contributed by atoms with van der Waals surface area (Å²) in [7, 11) is -3.70. The van der Waals surface area contributed by atoms with Gasteiger partial charge in [-0.1, -0.05) is 18.2 Å². The smallest absolute Gasteiger partial charge is 0.261 e. The molecule has 162 valence electrons. The van der Waals surface area contributed by atoms with Gasteiger partial charge in [-0.25, -0.2) is 8.42 Å².